The van der Waals surface area contributed by atoms with Gasteiger partial charge in [0.05, 0.1) is 6.54 Å². The number of benzene rings is 2. The summed E-state index contributed by atoms with van der Waals surface area (Å²) in [6, 6.07) is 11.5. The van der Waals surface area contributed by atoms with Crippen LogP contribution in [0.1, 0.15) is 10.4 Å². The van der Waals surface area contributed by atoms with Crippen LogP contribution < -0.4 is 30.0 Å². The maximum atomic E-state index is 11.8. The monoisotopic (exact) mass is 358 g/mol. The van der Waals surface area contributed by atoms with E-state index in [1.807, 2.05) is 0 Å². The first kappa shape index (κ1) is 17.4. The van der Waals surface area contributed by atoms with Crippen LogP contribution in [-0.4, -0.2) is 38.4 Å². The van der Waals surface area contributed by atoms with Crippen LogP contribution in [0.15, 0.2) is 42.5 Å². The first-order valence-corrected chi connectivity index (χ1v) is 7.93. The Kier molecular flexibility index (Phi) is 5.43. The minimum Gasteiger partial charge on any atom is -0.492 e. The summed E-state index contributed by atoms with van der Waals surface area (Å²) < 4.78 is 21.4. The Balaban J connectivity index is 1.34. The molecule has 0 unspecified atom stereocenters. The number of fused-ring (bicyclic) bond motifs is 1. The molecule has 0 fully saturated rings. The molecular weight excluding hydrogens is 340 g/mol. The Morgan fingerprint density at radius 2 is 1.73 bits per heavy atom. The molecule has 0 radical (unpaired) electrons. The highest BCUT2D eigenvalue weighted by molar-refractivity contribution is 5.92. The van der Waals surface area contributed by atoms with Gasteiger partial charge in [0.2, 0.25) is 12.7 Å². The SMILES string of the molecule is NC(=O)c1ccc(OCC(=O)NCCOc2ccc3c(c2)OCO3)cc1. The standard InChI is InChI=1S/C18H18N2O6/c19-18(22)12-1-3-13(4-2-12)24-10-17(21)20-7-8-23-14-5-6-15-16(9-14)26-11-25-15/h1-6,9H,7-8,10-11H2,(H2,19,22)(H,20,21). The summed E-state index contributed by atoms with van der Waals surface area (Å²) in [7, 11) is 0. The first-order valence-electron chi connectivity index (χ1n) is 7.93. The number of primary amides is 1. The van der Waals surface area contributed by atoms with E-state index < -0.39 is 5.91 Å². The number of ether oxygens (including phenoxy) is 4. The van der Waals surface area contributed by atoms with Crippen LogP contribution in [0.3, 0.4) is 0 Å². The predicted octanol–water partition coefficient (Wildman–Crippen LogP) is 1.09. The third-order valence-corrected chi connectivity index (χ3v) is 3.55. The van der Waals surface area contributed by atoms with E-state index in [2.05, 4.69) is 5.32 Å². The Hall–Kier alpha value is -3.42. The van der Waals surface area contributed by atoms with Crippen molar-refractivity contribution in [3.63, 3.8) is 0 Å². The lowest BCUT2D eigenvalue weighted by Crippen LogP contribution is -2.32. The van der Waals surface area contributed by atoms with Crippen LogP contribution in [0.25, 0.3) is 0 Å². The van der Waals surface area contributed by atoms with Crippen LogP contribution in [0.2, 0.25) is 0 Å². The minimum absolute atomic E-state index is 0.139. The van der Waals surface area contributed by atoms with E-state index >= 15 is 0 Å². The maximum Gasteiger partial charge on any atom is 0.258 e. The lowest BCUT2D eigenvalue weighted by molar-refractivity contribution is -0.123. The van der Waals surface area contributed by atoms with E-state index in [1.165, 1.54) is 12.1 Å². The van der Waals surface area contributed by atoms with Gasteiger partial charge in [0.15, 0.2) is 18.1 Å². The highest BCUT2D eigenvalue weighted by Gasteiger charge is 2.13. The third kappa shape index (κ3) is 4.56. The normalized spacial score (nSPS) is 11.7. The lowest BCUT2D eigenvalue weighted by Gasteiger charge is -2.09. The van der Waals surface area contributed by atoms with E-state index in [0.29, 0.717) is 41.7 Å². The summed E-state index contributed by atoms with van der Waals surface area (Å²) in [6.45, 7) is 0.704. The van der Waals surface area contributed by atoms with E-state index in [0.717, 1.165) is 0 Å². The number of carbonyl (C=O) groups is 2. The van der Waals surface area contributed by atoms with E-state index in [9.17, 15) is 9.59 Å². The van der Waals surface area contributed by atoms with E-state index in [-0.39, 0.29) is 19.3 Å². The van der Waals surface area contributed by atoms with Gasteiger partial charge in [0.1, 0.15) is 18.1 Å². The Bertz CT molecular complexity index is 791. The fourth-order valence-electron chi connectivity index (χ4n) is 2.24. The largest absolute Gasteiger partial charge is 0.492 e. The molecule has 1 aliphatic rings. The van der Waals surface area contributed by atoms with Gasteiger partial charge in [-0.05, 0) is 36.4 Å². The van der Waals surface area contributed by atoms with Crippen molar-refractivity contribution in [3.05, 3.63) is 48.0 Å². The van der Waals surface area contributed by atoms with E-state index in [4.69, 9.17) is 24.7 Å². The smallest absolute Gasteiger partial charge is 0.258 e. The molecule has 0 saturated heterocycles. The van der Waals surface area contributed by atoms with Crippen molar-refractivity contribution in [1.29, 1.82) is 0 Å². The molecule has 1 heterocycles. The molecule has 0 atom stereocenters. The van der Waals surface area contributed by atoms with Crippen LogP contribution in [0.5, 0.6) is 23.0 Å². The Morgan fingerprint density at radius 3 is 2.50 bits per heavy atom. The van der Waals surface area contributed by atoms with Crippen molar-refractivity contribution in [1.82, 2.24) is 5.32 Å². The zero-order valence-electron chi connectivity index (χ0n) is 13.9. The van der Waals surface area contributed by atoms with Crippen molar-refractivity contribution in [3.8, 4) is 23.0 Å². The van der Waals surface area contributed by atoms with Crippen molar-refractivity contribution in [2.75, 3.05) is 26.6 Å². The zero-order valence-corrected chi connectivity index (χ0v) is 13.9. The second-order valence-electron chi connectivity index (χ2n) is 5.39. The van der Waals surface area contributed by atoms with Crippen molar-refractivity contribution in [2.45, 2.75) is 0 Å². The summed E-state index contributed by atoms with van der Waals surface area (Å²) in [5.74, 6) is 1.64. The molecule has 8 nitrogen and oxygen atoms in total. The molecular formula is C18H18N2O6. The van der Waals surface area contributed by atoms with Gasteiger partial charge >= 0.3 is 0 Å². The van der Waals surface area contributed by atoms with Gasteiger partial charge in [0.25, 0.3) is 5.91 Å². The highest BCUT2D eigenvalue weighted by Crippen LogP contribution is 2.34. The molecule has 2 aromatic rings. The summed E-state index contributed by atoms with van der Waals surface area (Å²) in [4.78, 5) is 22.7. The number of carbonyl (C=O) groups excluding carboxylic acids is 2. The maximum absolute atomic E-state index is 11.8. The highest BCUT2D eigenvalue weighted by atomic mass is 16.7. The van der Waals surface area contributed by atoms with Gasteiger partial charge in [-0.15, -0.1) is 0 Å². The van der Waals surface area contributed by atoms with Gasteiger partial charge in [-0.25, -0.2) is 0 Å². The van der Waals surface area contributed by atoms with Crippen molar-refractivity contribution in [2.24, 2.45) is 5.73 Å². The number of hydrogen-bond donors (Lipinski definition) is 2. The second-order valence-corrected chi connectivity index (χ2v) is 5.39. The summed E-state index contributed by atoms with van der Waals surface area (Å²) in [5, 5.41) is 2.69. The quantitative estimate of drug-likeness (QED) is 0.684. The summed E-state index contributed by atoms with van der Waals surface area (Å²) in [6.07, 6.45) is 0. The molecule has 2 amide bonds. The van der Waals surface area contributed by atoms with Crippen LogP contribution in [-0.2, 0) is 4.79 Å². The fourth-order valence-corrected chi connectivity index (χ4v) is 2.24. The van der Waals surface area contributed by atoms with E-state index in [1.54, 1.807) is 30.3 Å². The molecule has 3 rings (SSSR count). The van der Waals surface area contributed by atoms with Crippen molar-refractivity contribution < 1.29 is 28.5 Å². The molecule has 1 aliphatic heterocycles. The molecule has 0 spiro atoms. The van der Waals surface area contributed by atoms with Crippen LogP contribution >= 0.6 is 0 Å². The second kappa shape index (κ2) is 8.11. The molecule has 26 heavy (non-hydrogen) atoms. The average Bonchev–Trinajstić information content (AvgIpc) is 3.11. The van der Waals surface area contributed by atoms with Gasteiger partial charge < -0.3 is 30.0 Å². The molecule has 0 aromatic heterocycles. The molecule has 136 valence electrons. The number of hydrogen-bond acceptors (Lipinski definition) is 6. The Morgan fingerprint density at radius 1 is 1.00 bits per heavy atom. The number of amides is 2. The van der Waals surface area contributed by atoms with Gasteiger partial charge in [-0.3, -0.25) is 9.59 Å². The predicted molar refractivity (Wildman–Crippen MR) is 91.5 cm³/mol. The topological polar surface area (TPSA) is 109 Å². The van der Waals surface area contributed by atoms with Gasteiger partial charge in [-0.1, -0.05) is 0 Å². The molecule has 8 heteroatoms. The third-order valence-electron chi connectivity index (χ3n) is 3.55. The van der Waals surface area contributed by atoms with Crippen LogP contribution in [0.4, 0.5) is 0 Å². The number of nitrogens with two attached hydrogens (primary N) is 1. The molecule has 0 bridgehead atoms. The minimum atomic E-state index is -0.517. The molecule has 3 N–H and O–H groups in total. The molecule has 2 aromatic carbocycles. The van der Waals surface area contributed by atoms with Gasteiger partial charge in [0, 0.05) is 11.6 Å². The average molecular weight is 358 g/mol. The lowest BCUT2D eigenvalue weighted by atomic mass is 10.2. The zero-order chi connectivity index (χ0) is 18.4. The van der Waals surface area contributed by atoms with Crippen molar-refractivity contribution >= 4 is 11.8 Å². The summed E-state index contributed by atoms with van der Waals surface area (Å²) >= 11 is 0. The van der Waals surface area contributed by atoms with Crippen LogP contribution in [0, 0.1) is 0 Å². The summed E-state index contributed by atoms with van der Waals surface area (Å²) in [5.41, 5.74) is 5.53. The molecule has 0 aliphatic carbocycles. The Labute approximate surface area is 149 Å². The fraction of sp³-hybridized carbons (Fsp3) is 0.222. The molecule has 0 saturated carbocycles. The number of nitrogens with one attached hydrogen (secondary N) is 1. The van der Waals surface area contributed by atoms with Gasteiger partial charge in [-0.2, -0.15) is 0 Å². The number of rotatable bonds is 8. The first-order chi connectivity index (χ1) is 12.6.